The Labute approximate surface area is 120 Å². The Hall–Kier alpha value is -2.47. The molecule has 2 aromatic carbocycles. The smallest absolute Gasteiger partial charge is 0.255 e. The summed E-state index contributed by atoms with van der Waals surface area (Å²) in [4.78, 5) is 12.0. The number of anilines is 1. The number of hydrogen-bond donors (Lipinski definition) is 2. The maximum absolute atomic E-state index is 13.8. The summed E-state index contributed by atoms with van der Waals surface area (Å²) in [6, 6.07) is 7.94. The third-order valence-corrected chi connectivity index (χ3v) is 2.93. The minimum Gasteiger partial charge on any atom is -0.494 e. The molecule has 0 heterocycles. The van der Waals surface area contributed by atoms with E-state index in [2.05, 4.69) is 5.32 Å². The number of rotatable bonds is 4. The number of hydrogen-bond acceptors (Lipinski definition) is 3. The van der Waals surface area contributed by atoms with Crippen LogP contribution in [0.3, 0.4) is 0 Å². The predicted octanol–water partition coefficient (Wildman–Crippen LogP) is 2.68. The second kappa shape index (κ2) is 6.32. The standard InChI is InChI=1S/C15H14F2N2O2/c1-21-14-7-10(3-4-11(14)16)15(20)19-13-5-2-9(8-18)6-12(13)17/h2-7H,8,18H2,1H3,(H,19,20). The van der Waals surface area contributed by atoms with Gasteiger partial charge in [-0.05, 0) is 35.9 Å². The van der Waals surface area contributed by atoms with Gasteiger partial charge in [-0.1, -0.05) is 6.07 Å². The summed E-state index contributed by atoms with van der Waals surface area (Å²) in [7, 11) is 1.30. The average molecular weight is 292 g/mol. The Morgan fingerprint density at radius 2 is 1.95 bits per heavy atom. The van der Waals surface area contributed by atoms with E-state index < -0.39 is 17.5 Å². The molecule has 110 valence electrons. The number of methoxy groups -OCH3 is 1. The van der Waals surface area contributed by atoms with E-state index in [1.54, 1.807) is 6.07 Å². The van der Waals surface area contributed by atoms with Crippen LogP contribution in [0.4, 0.5) is 14.5 Å². The molecule has 0 spiro atoms. The zero-order chi connectivity index (χ0) is 15.4. The highest BCUT2D eigenvalue weighted by molar-refractivity contribution is 6.04. The van der Waals surface area contributed by atoms with Crippen molar-refractivity contribution in [3.8, 4) is 5.75 Å². The van der Waals surface area contributed by atoms with Crippen molar-refractivity contribution in [3.63, 3.8) is 0 Å². The Kier molecular flexibility index (Phi) is 4.49. The molecule has 0 aliphatic carbocycles. The third kappa shape index (κ3) is 3.35. The molecular formula is C15H14F2N2O2. The minimum atomic E-state index is -0.583. The van der Waals surface area contributed by atoms with E-state index >= 15 is 0 Å². The summed E-state index contributed by atoms with van der Waals surface area (Å²) in [5.74, 6) is -1.78. The molecule has 0 bridgehead atoms. The summed E-state index contributed by atoms with van der Waals surface area (Å²) in [6.07, 6.45) is 0. The molecular weight excluding hydrogens is 278 g/mol. The Morgan fingerprint density at radius 3 is 2.57 bits per heavy atom. The summed E-state index contributed by atoms with van der Waals surface area (Å²) < 4.78 is 31.8. The lowest BCUT2D eigenvalue weighted by Gasteiger charge is -2.09. The molecule has 2 rings (SSSR count). The lowest BCUT2D eigenvalue weighted by atomic mass is 10.1. The fraction of sp³-hybridized carbons (Fsp3) is 0.133. The van der Waals surface area contributed by atoms with Crippen molar-refractivity contribution in [3.05, 3.63) is 59.2 Å². The summed E-state index contributed by atoms with van der Waals surface area (Å²) >= 11 is 0. The maximum Gasteiger partial charge on any atom is 0.255 e. The number of benzene rings is 2. The van der Waals surface area contributed by atoms with Crippen molar-refractivity contribution in [2.45, 2.75) is 6.54 Å². The number of amides is 1. The Morgan fingerprint density at radius 1 is 1.19 bits per heavy atom. The van der Waals surface area contributed by atoms with Crippen molar-refractivity contribution in [1.82, 2.24) is 0 Å². The molecule has 0 unspecified atom stereocenters. The van der Waals surface area contributed by atoms with Crippen LogP contribution < -0.4 is 15.8 Å². The van der Waals surface area contributed by atoms with Crippen molar-refractivity contribution in [1.29, 1.82) is 0 Å². The van der Waals surface area contributed by atoms with Crippen LogP contribution in [0.2, 0.25) is 0 Å². The minimum absolute atomic E-state index is 0.0282. The number of nitrogens with one attached hydrogen (secondary N) is 1. The molecule has 0 aromatic heterocycles. The fourth-order valence-corrected chi connectivity index (χ4v) is 1.78. The van der Waals surface area contributed by atoms with Gasteiger partial charge in [-0.2, -0.15) is 0 Å². The molecule has 21 heavy (non-hydrogen) atoms. The second-order valence-electron chi connectivity index (χ2n) is 4.32. The normalized spacial score (nSPS) is 10.3. The number of halogens is 2. The van der Waals surface area contributed by atoms with E-state index in [1.165, 1.54) is 31.4 Å². The molecule has 6 heteroatoms. The first-order chi connectivity index (χ1) is 10.0. The molecule has 4 nitrogen and oxygen atoms in total. The molecule has 0 aliphatic rings. The summed E-state index contributed by atoms with van der Waals surface area (Å²) in [5.41, 5.74) is 6.21. The van der Waals surface area contributed by atoms with Gasteiger partial charge in [-0.15, -0.1) is 0 Å². The first kappa shape index (κ1) is 14.9. The van der Waals surface area contributed by atoms with Gasteiger partial charge in [0.2, 0.25) is 0 Å². The number of carbonyl (C=O) groups excluding carboxylic acids is 1. The molecule has 0 atom stereocenters. The maximum atomic E-state index is 13.8. The van der Waals surface area contributed by atoms with Gasteiger partial charge in [-0.3, -0.25) is 4.79 Å². The highest BCUT2D eigenvalue weighted by Gasteiger charge is 2.12. The van der Waals surface area contributed by atoms with Gasteiger partial charge < -0.3 is 15.8 Å². The van der Waals surface area contributed by atoms with E-state index in [0.717, 1.165) is 6.07 Å². The van der Waals surface area contributed by atoms with Gasteiger partial charge in [0.05, 0.1) is 12.8 Å². The van der Waals surface area contributed by atoms with Crippen LogP contribution in [0.1, 0.15) is 15.9 Å². The van der Waals surface area contributed by atoms with Gasteiger partial charge in [0, 0.05) is 12.1 Å². The number of carbonyl (C=O) groups is 1. The van der Waals surface area contributed by atoms with Gasteiger partial charge >= 0.3 is 0 Å². The van der Waals surface area contributed by atoms with Crippen LogP contribution in [0, 0.1) is 11.6 Å². The number of nitrogens with two attached hydrogens (primary N) is 1. The van der Waals surface area contributed by atoms with Crippen molar-refractivity contribution >= 4 is 11.6 Å². The van der Waals surface area contributed by atoms with Crippen LogP contribution in [0.15, 0.2) is 36.4 Å². The summed E-state index contributed by atoms with van der Waals surface area (Å²) in [6.45, 7) is 0.209. The van der Waals surface area contributed by atoms with Crippen LogP contribution in [-0.2, 0) is 6.54 Å². The molecule has 0 aliphatic heterocycles. The molecule has 0 saturated heterocycles. The van der Waals surface area contributed by atoms with E-state index in [4.69, 9.17) is 10.5 Å². The zero-order valence-electron chi connectivity index (χ0n) is 11.3. The number of ether oxygens (including phenoxy) is 1. The zero-order valence-corrected chi connectivity index (χ0v) is 11.3. The van der Waals surface area contributed by atoms with Crippen molar-refractivity contribution in [2.75, 3.05) is 12.4 Å². The molecule has 2 aromatic rings. The van der Waals surface area contributed by atoms with Gasteiger partial charge in [0.1, 0.15) is 5.82 Å². The Bertz CT molecular complexity index is 675. The molecule has 1 amide bonds. The monoisotopic (exact) mass is 292 g/mol. The summed E-state index contributed by atoms with van der Waals surface area (Å²) in [5, 5.41) is 2.42. The third-order valence-electron chi connectivity index (χ3n) is 2.93. The van der Waals surface area contributed by atoms with Gasteiger partial charge in [-0.25, -0.2) is 8.78 Å². The molecule has 0 fully saturated rings. The van der Waals surface area contributed by atoms with Crippen LogP contribution >= 0.6 is 0 Å². The van der Waals surface area contributed by atoms with Crippen LogP contribution in [0.5, 0.6) is 5.75 Å². The lowest BCUT2D eigenvalue weighted by molar-refractivity contribution is 0.102. The van der Waals surface area contributed by atoms with Crippen molar-refractivity contribution < 1.29 is 18.3 Å². The predicted molar refractivity (Wildman–Crippen MR) is 75.2 cm³/mol. The molecule has 0 radical (unpaired) electrons. The second-order valence-corrected chi connectivity index (χ2v) is 4.32. The quantitative estimate of drug-likeness (QED) is 0.910. The highest BCUT2D eigenvalue weighted by atomic mass is 19.1. The molecule has 3 N–H and O–H groups in total. The van der Waals surface area contributed by atoms with E-state index in [9.17, 15) is 13.6 Å². The van der Waals surface area contributed by atoms with E-state index in [-0.39, 0.29) is 23.5 Å². The van der Waals surface area contributed by atoms with Crippen LogP contribution in [0.25, 0.3) is 0 Å². The van der Waals surface area contributed by atoms with E-state index in [0.29, 0.717) is 5.56 Å². The largest absolute Gasteiger partial charge is 0.494 e. The van der Waals surface area contributed by atoms with Gasteiger partial charge in [0.15, 0.2) is 11.6 Å². The van der Waals surface area contributed by atoms with E-state index in [1.807, 2.05) is 0 Å². The first-order valence-electron chi connectivity index (χ1n) is 6.18. The first-order valence-corrected chi connectivity index (χ1v) is 6.18. The highest BCUT2D eigenvalue weighted by Crippen LogP contribution is 2.20. The topological polar surface area (TPSA) is 64.3 Å². The fourth-order valence-electron chi connectivity index (χ4n) is 1.78. The average Bonchev–Trinajstić information content (AvgIpc) is 2.49. The molecule has 0 saturated carbocycles. The Balaban J connectivity index is 2.22. The van der Waals surface area contributed by atoms with Crippen molar-refractivity contribution in [2.24, 2.45) is 5.73 Å². The van der Waals surface area contributed by atoms with Crippen LogP contribution in [-0.4, -0.2) is 13.0 Å². The SMILES string of the molecule is COc1cc(C(=O)Nc2ccc(CN)cc2F)ccc1F. The lowest BCUT2D eigenvalue weighted by Crippen LogP contribution is -2.13. The van der Waals surface area contributed by atoms with Gasteiger partial charge in [0.25, 0.3) is 5.91 Å².